The lowest BCUT2D eigenvalue weighted by atomic mass is 9.91. The van der Waals surface area contributed by atoms with E-state index in [4.69, 9.17) is 0 Å². The summed E-state index contributed by atoms with van der Waals surface area (Å²) in [4.78, 5) is 37.8. The zero-order valence-corrected chi connectivity index (χ0v) is 17.4. The fraction of sp³-hybridized carbons (Fsp3) is 0.375. The fourth-order valence-electron chi connectivity index (χ4n) is 3.95. The van der Waals surface area contributed by atoms with Crippen molar-refractivity contribution in [3.05, 3.63) is 71.3 Å². The Morgan fingerprint density at radius 1 is 1.00 bits per heavy atom. The van der Waals surface area contributed by atoms with Gasteiger partial charge in [-0.05, 0) is 43.0 Å². The molecule has 164 valence electrons. The van der Waals surface area contributed by atoms with Crippen LogP contribution in [0.15, 0.2) is 48.5 Å². The second-order valence-electron chi connectivity index (χ2n) is 7.98. The molecular weight excluding hydrogens is 402 g/mol. The standard InChI is InChI=1S/C24H26F2N2O3/c1-15(24(31)28-21(29)13-16-11-19(25)14-20(26)12-16)27-22(17-7-3-2-4-8-17)23(30)18-9-5-6-10-18/h2-4,7-8,11-12,14-15,18,22,27H,5-6,9-10,13H2,1H3,(H,28,29,31)/t15-,22?/m0/s1. The van der Waals surface area contributed by atoms with Crippen LogP contribution in [0.1, 0.15) is 49.8 Å². The van der Waals surface area contributed by atoms with Crippen molar-refractivity contribution in [1.29, 1.82) is 0 Å². The Bertz CT molecular complexity index is 923. The molecule has 0 bridgehead atoms. The van der Waals surface area contributed by atoms with Crippen LogP contribution in [0.5, 0.6) is 0 Å². The minimum absolute atomic E-state index is 0.0440. The first-order valence-electron chi connectivity index (χ1n) is 10.5. The van der Waals surface area contributed by atoms with E-state index < -0.39 is 35.5 Å². The molecule has 0 radical (unpaired) electrons. The van der Waals surface area contributed by atoms with E-state index in [1.54, 1.807) is 6.92 Å². The minimum Gasteiger partial charge on any atom is -0.297 e. The molecule has 1 fully saturated rings. The van der Waals surface area contributed by atoms with Crippen molar-refractivity contribution in [2.45, 2.75) is 51.1 Å². The van der Waals surface area contributed by atoms with Gasteiger partial charge >= 0.3 is 0 Å². The molecule has 7 heteroatoms. The molecule has 3 rings (SSSR count). The molecule has 1 aliphatic carbocycles. The smallest absolute Gasteiger partial charge is 0.243 e. The van der Waals surface area contributed by atoms with Crippen molar-refractivity contribution in [1.82, 2.24) is 10.6 Å². The summed E-state index contributed by atoms with van der Waals surface area (Å²) < 4.78 is 26.6. The molecule has 31 heavy (non-hydrogen) atoms. The number of carbonyl (C=O) groups excluding carboxylic acids is 3. The maximum absolute atomic E-state index is 13.3. The van der Waals surface area contributed by atoms with Crippen LogP contribution >= 0.6 is 0 Å². The van der Waals surface area contributed by atoms with Crippen LogP contribution in [0.25, 0.3) is 0 Å². The van der Waals surface area contributed by atoms with Gasteiger partial charge in [-0.1, -0.05) is 43.2 Å². The average molecular weight is 428 g/mol. The lowest BCUT2D eigenvalue weighted by Crippen LogP contribution is -2.48. The van der Waals surface area contributed by atoms with Crippen molar-refractivity contribution < 1.29 is 23.2 Å². The van der Waals surface area contributed by atoms with E-state index in [1.165, 1.54) is 0 Å². The summed E-state index contributed by atoms with van der Waals surface area (Å²) in [5.74, 6) is -2.87. The molecule has 0 heterocycles. The van der Waals surface area contributed by atoms with Crippen LogP contribution in [0.4, 0.5) is 8.78 Å². The molecule has 2 atom stereocenters. The van der Waals surface area contributed by atoms with E-state index in [-0.39, 0.29) is 23.7 Å². The normalized spacial score (nSPS) is 16.0. The number of hydrogen-bond acceptors (Lipinski definition) is 4. The molecule has 1 saturated carbocycles. The van der Waals surface area contributed by atoms with Gasteiger partial charge in [-0.15, -0.1) is 0 Å². The van der Waals surface area contributed by atoms with Crippen LogP contribution in [0.3, 0.4) is 0 Å². The number of halogens is 2. The Hall–Kier alpha value is -2.93. The highest BCUT2D eigenvalue weighted by molar-refractivity contribution is 5.98. The second-order valence-corrected chi connectivity index (χ2v) is 7.98. The average Bonchev–Trinajstić information content (AvgIpc) is 3.26. The number of ketones is 1. The fourth-order valence-corrected chi connectivity index (χ4v) is 3.95. The van der Waals surface area contributed by atoms with E-state index in [9.17, 15) is 23.2 Å². The first-order valence-corrected chi connectivity index (χ1v) is 10.5. The number of nitrogens with one attached hydrogen (secondary N) is 2. The topological polar surface area (TPSA) is 75.3 Å². The maximum atomic E-state index is 13.3. The molecule has 0 spiro atoms. The Kier molecular flexibility index (Phi) is 7.63. The Morgan fingerprint density at radius 3 is 2.23 bits per heavy atom. The molecule has 0 saturated heterocycles. The quantitative estimate of drug-likeness (QED) is 0.673. The van der Waals surface area contributed by atoms with Crippen LogP contribution in [-0.4, -0.2) is 23.6 Å². The zero-order valence-electron chi connectivity index (χ0n) is 17.4. The lowest BCUT2D eigenvalue weighted by Gasteiger charge is -2.24. The highest BCUT2D eigenvalue weighted by Gasteiger charge is 2.32. The predicted molar refractivity (Wildman–Crippen MR) is 112 cm³/mol. The van der Waals surface area contributed by atoms with Crippen molar-refractivity contribution in [2.75, 3.05) is 0 Å². The van der Waals surface area contributed by atoms with Gasteiger partial charge in [0.1, 0.15) is 11.6 Å². The second kappa shape index (κ2) is 10.4. The van der Waals surface area contributed by atoms with Crippen molar-refractivity contribution in [3.8, 4) is 0 Å². The summed E-state index contributed by atoms with van der Waals surface area (Å²) in [6, 6.07) is 10.5. The van der Waals surface area contributed by atoms with E-state index in [0.717, 1.165) is 43.4 Å². The van der Waals surface area contributed by atoms with Gasteiger partial charge < -0.3 is 0 Å². The third-order valence-electron chi connectivity index (χ3n) is 5.53. The first kappa shape index (κ1) is 22.7. The summed E-state index contributed by atoms with van der Waals surface area (Å²) in [5, 5.41) is 5.30. The minimum atomic E-state index is -0.830. The van der Waals surface area contributed by atoms with E-state index in [0.29, 0.717) is 6.07 Å². The Balaban J connectivity index is 1.64. The summed E-state index contributed by atoms with van der Waals surface area (Å²) in [5.41, 5.74) is 0.891. The lowest BCUT2D eigenvalue weighted by molar-refractivity contribution is -0.131. The maximum Gasteiger partial charge on any atom is 0.243 e. The van der Waals surface area contributed by atoms with Crippen molar-refractivity contribution >= 4 is 17.6 Å². The number of amides is 2. The summed E-state index contributed by atoms with van der Waals surface area (Å²) in [7, 11) is 0. The van der Waals surface area contributed by atoms with Gasteiger partial charge in [-0.3, -0.25) is 25.0 Å². The molecule has 0 aliphatic heterocycles. The molecule has 2 N–H and O–H groups in total. The molecular formula is C24H26F2N2O3. The first-order chi connectivity index (χ1) is 14.8. The van der Waals surface area contributed by atoms with Crippen molar-refractivity contribution in [2.24, 2.45) is 5.92 Å². The van der Waals surface area contributed by atoms with Crippen molar-refractivity contribution in [3.63, 3.8) is 0 Å². The molecule has 0 aromatic heterocycles. The van der Waals surface area contributed by atoms with E-state index in [2.05, 4.69) is 10.6 Å². The summed E-state index contributed by atoms with van der Waals surface area (Å²) >= 11 is 0. The van der Waals surface area contributed by atoms with Gasteiger partial charge in [0.05, 0.1) is 18.5 Å². The van der Waals surface area contributed by atoms with E-state index in [1.807, 2.05) is 30.3 Å². The van der Waals surface area contributed by atoms with Gasteiger partial charge in [0.25, 0.3) is 0 Å². The SMILES string of the molecule is C[C@H](NC(C(=O)C1CCCC1)c1ccccc1)C(=O)NC(=O)Cc1cc(F)cc(F)c1. The van der Waals surface area contributed by atoms with Gasteiger partial charge in [0.15, 0.2) is 5.78 Å². The third-order valence-corrected chi connectivity index (χ3v) is 5.53. The number of rotatable bonds is 8. The van der Waals surface area contributed by atoms with Crippen LogP contribution in [-0.2, 0) is 20.8 Å². The molecule has 1 aliphatic rings. The van der Waals surface area contributed by atoms with Gasteiger partial charge in [-0.2, -0.15) is 0 Å². The van der Waals surface area contributed by atoms with Gasteiger partial charge in [0.2, 0.25) is 11.8 Å². The van der Waals surface area contributed by atoms with Gasteiger partial charge in [-0.25, -0.2) is 8.78 Å². The van der Waals surface area contributed by atoms with Crippen LogP contribution in [0, 0.1) is 17.6 Å². The van der Waals surface area contributed by atoms with Gasteiger partial charge in [0, 0.05) is 12.0 Å². The monoisotopic (exact) mass is 428 g/mol. The highest BCUT2D eigenvalue weighted by Crippen LogP contribution is 2.30. The molecule has 2 amide bonds. The third kappa shape index (κ3) is 6.28. The van der Waals surface area contributed by atoms with Crippen LogP contribution in [0.2, 0.25) is 0 Å². The Labute approximate surface area is 180 Å². The zero-order chi connectivity index (χ0) is 22.4. The number of hydrogen-bond donors (Lipinski definition) is 2. The summed E-state index contributed by atoms with van der Waals surface area (Å²) in [6.07, 6.45) is 3.38. The number of carbonyl (C=O) groups is 3. The largest absolute Gasteiger partial charge is 0.297 e. The van der Waals surface area contributed by atoms with E-state index >= 15 is 0 Å². The number of Topliss-reactive ketones (excluding diaryl/α,β-unsaturated/α-hetero) is 1. The molecule has 1 unspecified atom stereocenters. The number of imide groups is 1. The Morgan fingerprint density at radius 2 is 1.61 bits per heavy atom. The molecule has 2 aromatic rings. The number of benzene rings is 2. The molecule has 5 nitrogen and oxygen atoms in total. The van der Waals surface area contributed by atoms with Crippen LogP contribution < -0.4 is 10.6 Å². The predicted octanol–water partition coefficient (Wildman–Crippen LogP) is 3.63. The summed E-state index contributed by atoms with van der Waals surface area (Å²) in [6.45, 7) is 1.57. The highest BCUT2D eigenvalue weighted by atomic mass is 19.1. The molecule has 2 aromatic carbocycles.